The first-order valence-corrected chi connectivity index (χ1v) is 11.1. The summed E-state index contributed by atoms with van der Waals surface area (Å²) in [5.41, 5.74) is 0. The highest BCUT2D eigenvalue weighted by Gasteiger charge is 2.34. The van der Waals surface area contributed by atoms with Crippen LogP contribution in [0.2, 0.25) is 0 Å². The van der Waals surface area contributed by atoms with Crippen molar-refractivity contribution >= 4 is 17.8 Å². The van der Waals surface area contributed by atoms with Gasteiger partial charge in [-0.2, -0.15) is 0 Å². The van der Waals surface area contributed by atoms with E-state index in [9.17, 15) is 9.59 Å². The molecule has 2 rings (SSSR count). The molecule has 0 spiro atoms. The molecule has 2 N–H and O–H groups in total. The van der Waals surface area contributed by atoms with E-state index >= 15 is 0 Å². The predicted molar refractivity (Wildman–Crippen MR) is 118 cm³/mol. The molecule has 0 radical (unpaired) electrons. The van der Waals surface area contributed by atoms with Crippen LogP contribution in [0.4, 0.5) is 0 Å². The Labute approximate surface area is 184 Å². The standard InChI is InChI=1S/C22H36N4O5/c1-4-29-21(27)19(22(28)30-5-2)20(23-3)25-12-11-24-15-17-9-10-18(31-17)16-26-13-7-6-8-14-26/h9-10,19,24H,4-8,11-16H2,1-3H3,(H,23,25). The summed E-state index contributed by atoms with van der Waals surface area (Å²) in [6.45, 7) is 8.54. The van der Waals surface area contributed by atoms with E-state index in [4.69, 9.17) is 13.9 Å². The number of piperidine rings is 1. The van der Waals surface area contributed by atoms with Crippen molar-refractivity contribution in [3.05, 3.63) is 23.7 Å². The van der Waals surface area contributed by atoms with E-state index in [0.717, 1.165) is 31.2 Å². The van der Waals surface area contributed by atoms with Crippen LogP contribution in [0.3, 0.4) is 0 Å². The van der Waals surface area contributed by atoms with Crippen LogP contribution in [-0.4, -0.2) is 69.1 Å². The van der Waals surface area contributed by atoms with Crippen LogP contribution in [0.15, 0.2) is 21.5 Å². The highest BCUT2D eigenvalue weighted by Crippen LogP contribution is 2.15. The molecule has 9 nitrogen and oxygen atoms in total. The zero-order valence-electron chi connectivity index (χ0n) is 18.9. The minimum atomic E-state index is -1.20. The summed E-state index contributed by atoms with van der Waals surface area (Å²) in [5, 5.41) is 6.33. The summed E-state index contributed by atoms with van der Waals surface area (Å²) in [6, 6.07) is 4.03. The first-order valence-electron chi connectivity index (χ1n) is 11.1. The minimum Gasteiger partial charge on any atom is -0.465 e. The van der Waals surface area contributed by atoms with Gasteiger partial charge >= 0.3 is 11.9 Å². The molecule has 174 valence electrons. The number of hydrogen-bond acceptors (Lipinski definition) is 8. The second-order valence-electron chi connectivity index (χ2n) is 7.35. The van der Waals surface area contributed by atoms with E-state index < -0.39 is 17.9 Å². The summed E-state index contributed by atoms with van der Waals surface area (Å²) in [4.78, 5) is 30.9. The number of hydrogen-bond donors (Lipinski definition) is 2. The molecule has 0 unspecified atom stereocenters. The summed E-state index contributed by atoms with van der Waals surface area (Å²) in [5.74, 6) is -0.429. The zero-order valence-corrected chi connectivity index (χ0v) is 18.9. The largest absolute Gasteiger partial charge is 0.465 e. The van der Waals surface area contributed by atoms with Gasteiger partial charge < -0.3 is 24.5 Å². The average molecular weight is 437 g/mol. The number of amidine groups is 1. The number of furan rings is 1. The highest BCUT2D eigenvalue weighted by atomic mass is 16.6. The van der Waals surface area contributed by atoms with Gasteiger partial charge in [0, 0.05) is 20.1 Å². The van der Waals surface area contributed by atoms with Crippen LogP contribution in [0, 0.1) is 5.92 Å². The van der Waals surface area contributed by atoms with Gasteiger partial charge in [-0.3, -0.25) is 19.5 Å². The molecule has 2 heterocycles. The molecule has 1 aromatic heterocycles. The number of nitrogens with one attached hydrogen (secondary N) is 2. The molecule has 0 atom stereocenters. The van der Waals surface area contributed by atoms with Crippen LogP contribution < -0.4 is 10.6 Å². The van der Waals surface area contributed by atoms with Crippen molar-refractivity contribution in [1.29, 1.82) is 0 Å². The number of rotatable bonds is 12. The Morgan fingerprint density at radius 2 is 1.71 bits per heavy atom. The lowest BCUT2D eigenvalue weighted by Gasteiger charge is -2.25. The highest BCUT2D eigenvalue weighted by molar-refractivity contribution is 6.16. The van der Waals surface area contributed by atoms with E-state index in [-0.39, 0.29) is 19.0 Å². The van der Waals surface area contributed by atoms with Crippen LogP contribution in [-0.2, 0) is 32.2 Å². The van der Waals surface area contributed by atoms with Crippen molar-refractivity contribution < 1.29 is 23.5 Å². The number of carbonyl (C=O) groups excluding carboxylic acids is 2. The molecule has 0 aromatic carbocycles. The fourth-order valence-electron chi connectivity index (χ4n) is 3.51. The maximum Gasteiger partial charge on any atom is 0.328 e. The Morgan fingerprint density at radius 1 is 1.06 bits per heavy atom. The van der Waals surface area contributed by atoms with Gasteiger partial charge in [-0.05, 0) is 51.9 Å². The van der Waals surface area contributed by atoms with Gasteiger partial charge in [0.05, 0.1) is 26.3 Å². The molecule has 1 aliphatic rings. The molecule has 0 aliphatic carbocycles. The molecular formula is C22H36N4O5. The van der Waals surface area contributed by atoms with E-state index in [1.165, 1.54) is 26.3 Å². The minimum absolute atomic E-state index is 0.177. The second-order valence-corrected chi connectivity index (χ2v) is 7.35. The Bertz CT molecular complexity index is 695. The monoisotopic (exact) mass is 436 g/mol. The summed E-state index contributed by atoms with van der Waals surface area (Å²) in [6.07, 6.45) is 3.85. The van der Waals surface area contributed by atoms with Gasteiger partial charge in [0.25, 0.3) is 0 Å². The number of carbonyl (C=O) groups is 2. The smallest absolute Gasteiger partial charge is 0.328 e. The third kappa shape index (κ3) is 8.34. The normalized spacial score (nSPS) is 15.2. The predicted octanol–water partition coefficient (Wildman–Crippen LogP) is 1.72. The molecule has 0 saturated carbocycles. The van der Waals surface area contributed by atoms with Crippen molar-refractivity contribution in [3.63, 3.8) is 0 Å². The number of nitrogens with zero attached hydrogens (tertiary/aromatic N) is 2. The Kier molecular flexibility index (Phi) is 11.1. The van der Waals surface area contributed by atoms with Crippen molar-refractivity contribution in [3.8, 4) is 0 Å². The van der Waals surface area contributed by atoms with Crippen molar-refractivity contribution in [1.82, 2.24) is 15.5 Å². The third-order valence-corrected chi connectivity index (χ3v) is 5.01. The first kappa shape index (κ1) is 24.9. The molecule has 0 bridgehead atoms. The summed E-state index contributed by atoms with van der Waals surface area (Å²) in [7, 11) is 1.52. The Hall–Kier alpha value is -2.39. The fourth-order valence-corrected chi connectivity index (χ4v) is 3.51. The topological polar surface area (TPSA) is 105 Å². The number of esters is 2. The van der Waals surface area contributed by atoms with Gasteiger partial charge in [0.1, 0.15) is 17.4 Å². The third-order valence-electron chi connectivity index (χ3n) is 5.01. The maximum absolute atomic E-state index is 12.2. The van der Waals surface area contributed by atoms with E-state index in [1.807, 2.05) is 12.1 Å². The van der Waals surface area contributed by atoms with Crippen molar-refractivity contribution in [2.24, 2.45) is 10.9 Å². The van der Waals surface area contributed by atoms with Gasteiger partial charge in [-0.25, -0.2) is 0 Å². The van der Waals surface area contributed by atoms with Crippen LogP contribution in [0.5, 0.6) is 0 Å². The lowest BCUT2D eigenvalue weighted by molar-refractivity contribution is -0.157. The molecule has 1 fully saturated rings. The van der Waals surface area contributed by atoms with E-state index in [1.54, 1.807) is 13.8 Å². The number of ether oxygens (including phenoxy) is 2. The molecule has 1 saturated heterocycles. The van der Waals surface area contributed by atoms with Crippen LogP contribution >= 0.6 is 0 Å². The van der Waals surface area contributed by atoms with Crippen LogP contribution in [0.25, 0.3) is 0 Å². The molecule has 1 aromatic rings. The molecular weight excluding hydrogens is 400 g/mol. The molecule has 9 heteroatoms. The second kappa shape index (κ2) is 13.8. The lowest BCUT2D eigenvalue weighted by Crippen LogP contribution is -2.44. The molecule has 0 amide bonds. The Balaban J connectivity index is 1.75. The summed E-state index contributed by atoms with van der Waals surface area (Å²) >= 11 is 0. The lowest BCUT2D eigenvalue weighted by atomic mass is 10.1. The maximum atomic E-state index is 12.2. The van der Waals surface area contributed by atoms with Crippen molar-refractivity contribution in [2.75, 3.05) is 46.4 Å². The number of likely N-dealkylation sites (tertiary alicyclic amines) is 1. The fraction of sp³-hybridized carbons (Fsp3) is 0.682. The van der Waals surface area contributed by atoms with Gasteiger partial charge in [-0.15, -0.1) is 0 Å². The summed E-state index contributed by atoms with van der Waals surface area (Å²) < 4.78 is 15.9. The van der Waals surface area contributed by atoms with Gasteiger partial charge in [0.15, 0.2) is 0 Å². The van der Waals surface area contributed by atoms with E-state index in [0.29, 0.717) is 19.6 Å². The van der Waals surface area contributed by atoms with Crippen LogP contribution in [0.1, 0.15) is 44.6 Å². The Morgan fingerprint density at radius 3 is 2.32 bits per heavy atom. The van der Waals surface area contributed by atoms with Crippen molar-refractivity contribution in [2.45, 2.75) is 46.2 Å². The molecule has 31 heavy (non-hydrogen) atoms. The first-order chi connectivity index (χ1) is 15.1. The molecule has 1 aliphatic heterocycles. The van der Waals surface area contributed by atoms with E-state index in [2.05, 4.69) is 20.5 Å². The van der Waals surface area contributed by atoms with Gasteiger partial charge in [-0.1, -0.05) is 6.42 Å². The SMILES string of the molecule is CCOC(=O)C(C(=O)OCC)C(=NC)NCCNCc1ccc(CN2CCCCC2)o1. The average Bonchev–Trinajstić information content (AvgIpc) is 3.20. The zero-order chi connectivity index (χ0) is 22.5. The quantitative estimate of drug-likeness (QED) is 0.168. The van der Waals surface area contributed by atoms with Gasteiger partial charge in [0.2, 0.25) is 5.92 Å². The number of aliphatic imine (C=N–C) groups is 1.